The van der Waals surface area contributed by atoms with E-state index in [4.69, 9.17) is 4.74 Å². The Labute approximate surface area is 194 Å². The molecule has 0 aliphatic carbocycles. The van der Waals surface area contributed by atoms with Crippen molar-refractivity contribution in [3.8, 4) is 0 Å². The van der Waals surface area contributed by atoms with Gasteiger partial charge in [-0.3, -0.25) is 14.4 Å². The number of ketones is 1. The standard InChI is InChI=1S/C24H28N2O6S/c27-22(19-9-4-3-5-10-19)13-14-24(29)32-18-23(28)25-20-11-8-12-21(17-20)33(30,31)26-15-6-1-2-7-16-26/h3-5,8-12,17H,1-2,6-7,13-16,18H2,(H,25,28). The van der Waals surface area contributed by atoms with E-state index in [1.165, 1.54) is 16.4 Å². The normalized spacial score (nSPS) is 14.8. The van der Waals surface area contributed by atoms with Gasteiger partial charge >= 0.3 is 5.97 Å². The molecule has 0 bridgehead atoms. The minimum absolute atomic E-state index is 0.0130. The summed E-state index contributed by atoms with van der Waals surface area (Å²) in [6, 6.07) is 14.6. The third-order valence-electron chi connectivity index (χ3n) is 5.34. The van der Waals surface area contributed by atoms with E-state index in [0.29, 0.717) is 24.3 Å². The number of Topliss-reactive ketones (excluding diaryl/α,β-unsaturated/α-hetero) is 1. The largest absolute Gasteiger partial charge is 0.456 e. The van der Waals surface area contributed by atoms with Crippen molar-refractivity contribution < 1.29 is 27.5 Å². The van der Waals surface area contributed by atoms with Gasteiger partial charge in [0.25, 0.3) is 5.91 Å². The Kier molecular flexibility index (Phi) is 8.73. The van der Waals surface area contributed by atoms with E-state index in [2.05, 4.69) is 5.32 Å². The molecular formula is C24H28N2O6S. The van der Waals surface area contributed by atoms with Crippen molar-refractivity contribution in [3.63, 3.8) is 0 Å². The van der Waals surface area contributed by atoms with Gasteiger partial charge in [0, 0.05) is 30.8 Å². The average molecular weight is 473 g/mol. The van der Waals surface area contributed by atoms with Gasteiger partial charge in [-0.15, -0.1) is 0 Å². The van der Waals surface area contributed by atoms with Crippen LogP contribution in [0.1, 0.15) is 48.9 Å². The van der Waals surface area contributed by atoms with Gasteiger partial charge in [0.15, 0.2) is 12.4 Å². The Morgan fingerprint density at radius 1 is 0.879 bits per heavy atom. The van der Waals surface area contributed by atoms with Crippen molar-refractivity contribution in [1.29, 1.82) is 0 Å². The molecule has 1 aliphatic heterocycles. The zero-order chi connectivity index (χ0) is 23.7. The summed E-state index contributed by atoms with van der Waals surface area (Å²) < 4.78 is 32.3. The number of rotatable bonds is 9. The summed E-state index contributed by atoms with van der Waals surface area (Å²) in [5.41, 5.74) is 0.809. The highest BCUT2D eigenvalue weighted by Crippen LogP contribution is 2.22. The van der Waals surface area contributed by atoms with Crippen LogP contribution in [-0.4, -0.2) is 50.1 Å². The molecule has 1 fully saturated rings. The van der Waals surface area contributed by atoms with E-state index in [1.54, 1.807) is 42.5 Å². The third-order valence-corrected chi connectivity index (χ3v) is 7.23. The fraction of sp³-hybridized carbons (Fsp3) is 0.375. The number of sulfonamides is 1. The van der Waals surface area contributed by atoms with E-state index in [1.807, 2.05) is 0 Å². The first-order chi connectivity index (χ1) is 15.9. The van der Waals surface area contributed by atoms with Gasteiger partial charge in [0.2, 0.25) is 10.0 Å². The molecule has 1 N–H and O–H groups in total. The fourth-order valence-corrected chi connectivity index (χ4v) is 5.13. The van der Waals surface area contributed by atoms with Crippen molar-refractivity contribution in [1.82, 2.24) is 4.31 Å². The summed E-state index contributed by atoms with van der Waals surface area (Å²) in [4.78, 5) is 36.2. The number of carbonyl (C=O) groups excluding carboxylic acids is 3. The van der Waals surface area contributed by atoms with Gasteiger partial charge < -0.3 is 10.1 Å². The molecule has 176 valence electrons. The Morgan fingerprint density at radius 2 is 1.58 bits per heavy atom. The molecule has 0 spiro atoms. The SMILES string of the molecule is O=C(COC(=O)CCC(=O)c1ccccc1)Nc1cccc(S(=O)(=O)N2CCCCCC2)c1. The van der Waals surface area contributed by atoms with Crippen LogP contribution >= 0.6 is 0 Å². The topological polar surface area (TPSA) is 110 Å². The number of carbonyl (C=O) groups is 3. The number of hydrogen-bond donors (Lipinski definition) is 1. The van der Waals surface area contributed by atoms with Crippen molar-refractivity contribution >= 4 is 33.4 Å². The second-order valence-corrected chi connectivity index (χ2v) is 9.78. The lowest BCUT2D eigenvalue weighted by Gasteiger charge is -2.20. The number of amides is 1. The van der Waals surface area contributed by atoms with Crippen molar-refractivity contribution in [2.75, 3.05) is 25.0 Å². The molecule has 33 heavy (non-hydrogen) atoms. The molecule has 1 amide bonds. The highest BCUT2D eigenvalue weighted by atomic mass is 32.2. The molecule has 1 saturated heterocycles. The smallest absolute Gasteiger partial charge is 0.306 e. The molecule has 2 aromatic rings. The second-order valence-electron chi connectivity index (χ2n) is 7.84. The van der Waals surface area contributed by atoms with E-state index in [9.17, 15) is 22.8 Å². The summed E-state index contributed by atoms with van der Waals surface area (Å²) in [6.45, 7) is 0.449. The number of ether oxygens (including phenoxy) is 1. The first-order valence-corrected chi connectivity index (χ1v) is 12.4. The van der Waals surface area contributed by atoms with Crippen LogP contribution < -0.4 is 5.32 Å². The molecule has 0 unspecified atom stereocenters. The van der Waals surface area contributed by atoms with Crippen molar-refractivity contribution in [2.24, 2.45) is 0 Å². The third kappa shape index (κ3) is 7.23. The predicted molar refractivity (Wildman–Crippen MR) is 123 cm³/mol. The Hall–Kier alpha value is -3.04. The molecular weight excluding hydrogens is 444 g/mol. The Bertz CT molecular complexity index is 1080. The molecule has 8 nitrogen and oxygen atoms in total. The molecule has 0 saturated carbocycles. The molecule has 0 aromatic heterocycles. The number of nitrogens with one attached hydrogen (secondary N) is 1. The molecule has 3 rings (SSSR count). The Morgan fingerprint density at radius 3 is 2.27 bits per heavy atom. The van der Waals surface area contributed by atoms with Crippen LogP contribution in [-0.2, 0) is 24.3 Å². The number of benzene rings is 2. The molecule has 1 heterocycles. The van der Waals surface area contributed by atoms with Gasteiger partial charge in [-0.25, -0.2) is 8.42 Å². The van der Waals surface area contributed by atoms with Crippen LogP contribution in [0.25, 0.3) is 0 Å². The molecule has 1 aliphatic rings. The highest BCUT2D eigenvalue weighted by molar-refractivity contribution is 7.89. The first kappa shape index (κ1) is 24.6. The Balaban J connectivity index is 1.49. The van der Waals surface area contributed by atoms with Gasteiger partial charge in [-0.2, -0.15) is 4.31 Å². The quantitative estimate of drug-likeness (QED) is 0.442. The van der Waals surface area contributed by atoms with E-state index >= 15 is 0 Å². The second kappa shape index (κ2) is 11.7. The summed E-state index contributed by atoms with van der Waals surface area (Å²) in [7, 11) is -3.64. The summed E-state index contributed by atoms with van der Waals surface area (Å²) in [5, 5.41) is 2.55. The highest BCUT2D eigenvalue weighted by Gasteiger charge is 2.25. The van der Waals surface area contributed by atoms with Crippen LogP contribution in [0.3, 0.4) is 0 Å². The summed E-state index contributed by atoms with van der Waals surface area (Å²) in [5.74, 6) is -1.44. The van der Waals surface area contributed by atoms with Gasteiger partial charge in [0.05, 0.1) is 11.3 Å². The van der Waals surface area contributed by atoms with Gasteiger partial charge in [0.1, 0.15) is 0 Å². The van der Waals surface area contributed by atoms with E-state index < -0.39 is 28.5 Å². The maximum absolute atomic E-state index is 12.9. The molecule has 0 radical (unpaired) electrons. The van der Waals surface area contributed by atoms with Gasteiger partial charge in [-0.05, 0) is 31.0 Å². The first-order valence-electron chi connectivity index (χ1n) is 11.0. The lowest BCUT2D eigenvalue weighted by molar-refractivity contribution is -0.147. The predicted octanol–water partition coefficient (Wildman–Crippen LogP) is 3.40. The van der Waals surface area contributed by atoms with Crippen LogP contribution in [0.4, 0.5) is 5.69 Å². The fourth-order valence-electron chi connectivity index (χ4n) is 3.56. The van der Waals surface area contributed by atoms with Crippen LogP contribution in [0, 0.1) is 0 Å². The molecule has 0 atom stereocenters. The maximum Gasteiger partial charge on any atom is 0.306 e. The van der Waals surface area contributed by atoms with E-state index in [-0.39, 0.29) is 23.5 Å². The number of hydrogen-bond acceptors (Lipinski definition) is 6. The van der Waals surface area contributed by atoms with Gasteiger partial charge in [-0.1, -0.05) is 49.2 Å². The molecule has 9 heteroatoms. The van der Waals surface area contributed by atoms with Crippen molar-refractivity contribution in [2.45, 2.75) is 43.4 Å². The minimum atomic E-state index is -3.64. The van der Waals surface area contributed by atoms with E-state index in [0.717, 1.165) is 25.7 Å². The zero-order valence-corrected chi connectivity index (χ0v) is 19.2. The average Bonchev–Trinajstić information content (AvgIpc) is 3.12. The van der Waals surface area contributed by atoms with Crippen LogP contribution in [0.15, 0.2) is 59.5 Å². The number of nitrogens with zero attached hydrogens (tertiary/aromatic N) is 1. The molecule has 2 aromatic carbocycles. The van der Waals surface area contributed by atoms with Crippen LogP contribution in [0.2, 0.25) is 0 Å². The minimum Gasteiger partial charge on any atom is -0.456 e. The van der Waals surface area contributed by atoms with Crippen molar-refractivity contribution in [3.05, 3.63) is 60.2 Å². The lowest BCUT2D eigenvalue weighted by Crippen LogP contribution is -2.32. The monoisotopic (exact) mass is 472 g/mol. The number of anilines is 1. The van der Waals surface area contributed by atoms with Crippen LogP contribution in [0.5, 0.6) is 0 Å². The summed E-state index contributed by atoms with van der Waals surface area (Å²) >= 11 is 0. The lowest BCUT2D eigenvalue weighted by atomic mass is 10.1. The number of esters is 1. The zero-order valence-electron chi connectivity index (χ0n) is 18.4. The summed E-state index contributed by atoms with van der Waals surface area (Å²) in [6.07, 6.45) is 3.55. The maximum atomic E-state index is 12.9.